The van der Waals surface area contributed by atoms with E-state index in [9.17, 15) is 0 Å². The molecule has 3 rings (SSSR count). The Kier molecular flexibility index (Phi) is 2.49. The number of benzene rings is 1. The van der Waals surface area contributed by atoms with Crippen LogP contribution in [0.1, 0.15) is 18.4 Å². The second-order valence-corrected chi connectivity index (χ2v) is 4.23. The van der Waals surface area contributed by atoms with Gasteiger partial charge in [-0.25, -0.2) is 5.84 Å². The van der Waals surface area contributed by atoms with Crippen molar-refractivity contribution in [3.63, 3.8) is 0 Å². The van der Waals surface area contributed by atoms with Crippen LogP contribution in [0.2, 0.25) is 0 Å². The summed E-state index contributed by atoms with van der Waals surface area (Å²) in [5.41, 5.74) is 4.68. The van der Waals surface area contributed by atoms with Crippen LogP contribution in [0.3, 0.4) is 0 Å². The van der Waals surface area contributed by atoms with Crippen molar-refractivity contribution >= 4 is 16.7 Å². The average molecular weight is 226 g/mol. The predicted molar refractivity (Wildman–Crippen MR) is 68.6 cm³/mol. The highest BCUT2D eigenvalue weighted by atomic mass is 15.3. The van der Waals surface area contributed by atoms with Crippen LogP contribution in [0.4, 0.5) is 0 Å². The largest absolute Gasteiger partial charge is 0.308 e. The molecule has 0 amide bonds. The third-order valence-electron chi connectivity index (χ3n) is 2.90. The Morgan fingerprint density at radius 1 is 1.29 bits per heavy atom. The fourth-order valence-electron chi connectivity index (χ4n) is 1.87. The maximum absolute atomic E-state index is 5.57. The third-order valence-corrected chi connectivity index (χ3v) is 2.90. The summed E-state index contributed by atoms with van der Waals surface area (Å²) in [5.74, 6) is 6.33. The maximum atomic E-state index is 5.57. The Hall–Kier alpha value is -1.94. The number of para-hydroxylation sites is 1. The number of aromatic nitrogens is 1. The van der Waals surface area contributed by atoms with E-state index in [0.29, 0.717) is 6.04 Å². The molecule has 0 bridgehead atoms. The van der Waals surface area contributed by atoms with E-state index in [1.54, 1.807) is 6.20 Å². The van der Waals surface area contributed by atoms with Crippen LogP contribution < -0.4 is 11.3 Å². The number of rotatable bonds is 2. The molecule has 17 heavy (non-hydrogen) atoms. The van der Waals surface area contributed by atoms with Crippen LogP contribution in [0.5, 0.6) is 0 Å². The minimum absolute atomic E-state index is 0.438. The first-order valence-electron chi connectivity index (χ1n) is 5.77. The number of amidine groups is 1. The van der Waals surface area contributed by atoms with Gasteiger partial charge in [0, 0.05) is 17.1 Å². The first-order chi connectivity index (χ1) is 8.38. The number of nitrogens with two attached hydrogens (primary N) is 1. The van der Waals surface area contributed by atoms with E-state index in [-0.39, 0.29) is 0 Å². The van der Waals surface area contributed by atoms with E-state index in [1.807, 2.05) is 30.3 Å². The average Bonchev–Trinajstić information content (AvgIpc) is 3.19. The van der Waals surface area contributed by atoms with Crippen molar-refractivity contribution < 1.29 is 0 Å². The molecular weight excluding hydrogens is 212 g/mol. The standard InChI is InChI=1S/C13H14N4/c14-17-13(16-9-5-6-9)11-7-8-15-12-4-2-1-3-10(11)12/h1-4,7-9H,5-6,14H2,(H,16,17). The molecule has 1 saturated carbocycles. The van der Waals surface area contributed by atoms with Crippen molar-refractivity contribution in [1.29, 1.82) is 0 Å². The Balaban J connectivity index is 2.15. The Labute approximate surface area is 99.5 Å². The van der Waals surface area contributed by atoms with E-state index in [2.05, 4.69) is 15.4 Å². The van der Waals surface area contributed by atoms with Gasteiger partial charge in [0.15, 0.2) is 0 Å². The molecule has 0 aliphatic heterocycles. The van der Waals surface area contributed by atoms with Crippen molar-refractivity contribution in [3.8, 4) is 0 Å². The predicted octanol–water partition coefficient (Wildman–Crippen LogP) is 1.61. The molecule has 86 valence electrons. The summed E-state index contributed by atoms with van der Waals surface area (Å²) < 4.78 is 0. The van der Waals surface area contributed by atoms with E-state index in [4.69, 9.17) is 5.84 Å². The highest BCUT2D eigenvalue weighted by molar-refractivity contribution is 6.08. The molecule has 4 heteroatoms. The Bertz CT molecular complexity index is 567. The van der Waals surface area contributed by atoms with Crippen molar-refractivity contribution in [2.45, 2.75) is 18.9 Å². The molecule has 0 spiro atoms. The molecule has 2 aromatic rings. The second-order valence-electron chi connectivity index (χ2n) is 4.23. The number of pyridine rings is 1. The number of aliphatic imine (C=N–C) groups is 1. The number of hydrazine groups is 1. The minimum Gasteiger partial charge on any atom is -0.308 e. The highest BCUT2D eigenvalue weighted by Gasteiger charge is 2.21. The van der Waals surface area contributed by atoms with Gasteiger partial charge in [0.05, 0.1) is 11.6 Å². The topological polar surface area (TPSA) is 63.3 Å². The zero-order valence-electron chi connectivity index (χ0n) is 9.43. The lowest BCUT2D eigenvalue weighted by Crippen LogP contribution is -2.31. The lowest BCUT2D eigenvalue weighted by molar-refractivity contribution is 0.972. The van der Waals surface area contributed by atoms with Crippen molar-refractivity contribution in [3.05, 3.63) is 42.1 Å². The molecule has 0 radical (unpaired) electrons. The van der Waals surface area contributed by atoms with E-state index in [1.165, 1.54) is 0 Å². The molecule has 4 nitrogen and oxygen atoms in total. The van der Waals surface area contributed by atoms with Crippen LogP contribution in [0, 0.1) is 0 Å². The summed E-state index contributed by atoms with van der Waals surface area (Å²) in [6.07, 6.45) is 4.11. The molecule has 1 aliphatic rings. The second kappa shape index (κ2) is 4.14. The molecule has 1 heterocycles. The molecular formula is C13H14N4. The smallest absolute Gasteiger partial charge is 0.143 e. The molecule has 3 N–H and O–H groups in total. The zero-order valence-corrected chi connectivity index (χ0v) is 9.43. The van der Waals surface area contributed by atoms with Gasteiger partial charge >= 0.3 is 0 Å². The molecule has 0 saturated heterocycles. The number of hydrogen-bond donors (Lipinski definition) is 2. The van der Waals surface area contributed by atoms with Crippen LogP contribution in [0.15, 0.2) is 41.5 Å². The monoisotopic (exact) mass is 226 g/mol. The maximum Gasteiger partial charge on any atom is 0.143 e. The number of nitrogens with zero attached hydrogens (tertiary/aromatic N) is 2. The lowest BCUT2D eigenvalue weighted by Gasteiger charge is -2.08. The first kappa shape index (κ1) is 10.2. The number of nitrogens with one attached hydrogen (secondary N) is 1. The van der Waals surface area contributed by atoms with Gasteiger partial charge in [0.25, 0.3) is 0 Å². The molecule has 1 aromatic heterocycles. The van der Waals surface area contributed by atoms with Gasteiger partial charge in [-0.1, -0.05) is 18.2 Å². The fourth-order valence-corrected chi connectivity index (χ4v) is 1.87. The summed E-state index contributed by atoms with van der Waals surface area (Å²) >= 11 is 0. The summed E-state index contributed by atoms with van der Waals surface area (Å²) in [5, 5.41) is 1.08. The number of hydrogen-bond acceptors (Lipinski definition) is 3. The summed E-state index contributed by atoms with van der Waals surface area (Å²) in [6, 6.07) is 10.4. The molecule has 1 fully saturated rings. The molecule has 1 aromatic carbocycles. The zero-order chi connectivity index (χ0) is 11.7. The fraction of sp³-hybridized carbons (Fsp3) is 0.231. The van der Waals surface area contributed by atoms with Gasteiger partial charge in [-0.2, -0.15) is 0 Å². The van der Waals surface area contributed by atoms with Gasteiger partial charge in [0.1, 0.15) is 5.84 Å². The van der Waals surface area contributed by atoms with Gasteiger partial charge < -0.3 is 5.43 Å². The summed E-state index contributed by atoms with van der Waals surface area (Å²) in [6.45, 7) is 0. The minimum atomic E-state index is 0.438. The number of fused-ring (bicyclic) bond motifs is 1. The van der Waals surface area contributed by atoms with E-state index < -0.39 is 0 Å². The third kappa shape index (κ3) is 1.99. The van der Waals surface area contributed by atoms with E-state index >= 15 is 0 Å². The van der Waals surface area contributed by atoms with Gasteiger partial charge in [0.2, 0.25) is 0 Å². The first-order valence-corrected chi connectivity index (χ1v) is 5.77. The quantitative estimate of drug-likeness (QED) is 0.354. The normalized spacial score (nSPS) is 16.2. The van der Waals surface area contributed by atoms with E-state index in [0.717, 1.165) is 35.1 Å². The van der Waals surface area contributed by atoms with Crippen LogP contribution in [-0.2, 0) is 0 Å². The van der Waals surface area contributed by atoms with Crippen LogP contribution >= 0.6 is 0 Å². The highest BCUT2D eigenvalue weighted by Crippen LogP contribution is 2.25. The van der Waals surface area contributed by atoms with Crippen molar-refractivity contribution in [2.75, 3.05) is 0 Å². The Morgan fingerprint density at radius 3 is 2.88 bits per heavy atom. The van der Waals surface area contributed by atoms with Gasteiger partial charge in [-0.05, 0) is 25.0 Å². The lowest BCUT2D eigenvalue weighted by atomic mass is 10.1. The van der Waals surface area contributed by atoms with Crippen molar-refractivity contribution in [2.24, 2.45) is 10.8 Å². The van der Waals surface area contributed by atoms with Crippen LogP contribution in [0.25, 0.3) is 10.9 Å². The van der Waals surface area contributed by atoms with Crippen LogP contribution in [-0.4, -0.2) is 16.9 Å². The molecule has 1 aliphatic carbocycles. The van der Waals surface area contributed by atoms with Gasteiger partial charge in [-0.3, -0.25) is 9.98 Å². The SMILES string of the molecule is NNC(=NC1CC1)c1ccnc2ccccc12. The molecule has 0 unspecified atom stereocenters. The molecule has 0 atom stereocenters. The van der Waals surface area contributed by atoms with Crippen molar-refractivity contribution in [1.82, 2.24) is 10.4 Å². The summed E-state index contributed by atoms with van der Waals surface area (Å²) in [7, 11) is 0. The summed E-state index contributed by atoms with van der Waals surface area (Å²) in [4.78, 5) is 8.91. The van der Waals surface area contributed by atoms with Gasteiger partial charge in [-0.15, -0.1) is 0 Å². The Morgan fingerprint density at radius 2 is 2.12 bits per heavy atom.